The summed E-state index contributed by atoms with van der Waals surface area (Å²) in [6.07, 6.45) is -0.652. The minimum absolute atomic E-state index is 0.247. The summed E-state index contributed by atoms with van der Waals surface area (Å²) in [6.45, 7) is 4.62. The van der Waals surface area contributed by atoms with Crippen LogP contribution in [0.15, 0.2) is 54.7 Å². The first-order chi connectivity index (χ1) is 14.9. The molecule has 1 fully saturated rings. The molecule has 7 heteroatoms. The van der Waals surface area contributed by atoms with E-state index in [0.717, 1.165) is 66.9 Å². The van der Waals surface area contributed by atoms with Crippen molar-refractivity contribution in [1.82, 2.24) is 19.4 Å². The zero-order valence-electron chi connectivity index (χ0n) is 17.2. The predicted molar refractivity (Wildman–Crippen MR) is 115 cm³/mol. The van der Waals surface area contributed by atoms with E-state index < -0.39 is 11.7 Å². The van der Waals surface area contributed by atoms with Gasteiger partial charge in [0.05, 0.1) is 22.1 Å². The monoisotopic (exact) mass is 424 g/mol. The van der Waals surface area contributed by atoms with Gasteiger partial charge in [-0.3, -0.25) is 9.88 Å². The number of benzene rings is 2. The highest BCUT2D eigenvalue weighted by molar-refractivity contribution is 5.79. The van der Waals surface area contributed by atoms with E-state index >= 15 is 0 Å². The molecule has 0 saturated carbocycles. The maximum absolute atomic E-state index is 13.0. The van der Waals surface area contributed by atoms with Gasteiger partial charge in [-0.25, -0.2) is 4.98 Å². The second kappa shape index (κ2) is 7.64. The average Bonchev–Trinajstić information content (AvgIpc) is 3.08. The number of rotatable bonds is 3. The van der Waals surface area contributed by atoms with E-state index in [1.807, 2.05) is 19.2 Å². The van der Waals surface area contributed by atoms with Crippen LogP contribution in [0, 0.1) is 6.92 Å². The van der Waals surface area contributed by atoms with Gasteiger partial charge in [-0.15, -0.1) is 0 Å². The van der Waals surface area contributed by atoms with E-state index in [4.69, 9.17) is 0 Å². The van der Waals surface area contributed by atoms with Crippen LogP contribution in [0.3, 0.4) is 0 Å². The molecule has 0 unspecified atom stereocenters. The van der Waals surface area contributed by atoms with Crippen molar-refractivity contribution in [3.63, 3.8) is 0 Å². The number of halogens is 3. The van der Waals surface area contributed by atoms with Crippen molar-refractivity contribution in [1.29, 1.82) is 0 Å². The van der Waals surface area contributed by atoms with Crippen molar-refractivity contribution in [3.8, 4) is 0 Å². The molecule has 4 nitrogen and oxygen atoms in total. The van der Waals surface area contributed by atoms with Crippen LogP contribution in [-0.2, 0) is 12.7 Å². The highest BCUT2D eigenvalue weighted by atomic mass is 19.4. The zero-order valence-corrected chi connectivity index (χ0v) is 17.2. The van der Waals surface area contributed by atoms with Gasteiger partial charge >= 0.3 is 6.18 Å². The third-order valence-corrected chi connectivity index (χ3v) is 6.19. The molecular formula is C24H23F3N4. The number of aryl methyl sites for hydroxylation is 1. The lowest BCUT2D eigenvalue weighted by atomic mass is 10.0. The molecule has 2 aromatic heterocycles. The summed E-state index contributed by atoms with van der Waals surface area (Å²) in [7, 11) is 0. The van der Waals surface area contributed by atoms with E-state index in [1.54, 1.807) is 6.07 Å². The number of imidazole rings is 1. The summed E-state index contributed by atoms with van der Waals surface area (Å²) >= 11 is 0. The molecule has 0 aliphatic carbocycles. The maximum Gasteiger partial charge on any atom is 0.416 e. The number of alkyl halides is 3. The van der Waals surface area contributed by atoms with Gasteiger partial charge in [-0.2, -0.15) is 13.2 Å². The number of nitrogens with zero attached hydrogens (tertiary/aromatic N) is 4. The highest BCUT2D eigenvalue weighted by Gasteiger charge is 2.31. The Labute approximate surface area is 178 Å². The second-order valence-electron chi connectivity index (χ2n) is 8.27. The van der Waals surface area contributed by atoms with Crippen LogP contribution in [0.25, 0.3) is 21.9 Å². The number of hydrogen-bond acceptors (Lipinski definition) is 3. The fourth-order valence-electron chi connectivity index (χ4n) is 4.66. The minimum atomic E-state index is -4.35. The quantitative estimate of drug-likeness (QED) is 0.420. The van der Waals surface area contributed by atoms with E-state index in [2.05, 4.69) is 43.7 Å². The largest absolute Gasteiger partial charge is 0.416 e. The standard InChI is InChI=1S/C24H23F3N4/c1-16-29-22-14-19(24(25,26)27)6-7-23(22)31(16)20-8-11-30(12-9-20)15-17-4-5-18-3-2-10-28-21(18)13-17/h2-7,10,13-14,20H,8-9,11-12,15H2,1H3. The third kappa shape index (κ3) is 3.90. The Morgan fingerprint density at radius 3 is 2.58 bits per heavy atom. The number of pyridine rings is 1. The van der Waals surface area contributed by atoms with E-state index in [0.29, 0.717) is 5.52 Å². The van der Waals surface area contributed by atoms with Crippen molar-refractivity contribution in [2.45, 2.75) is 38.5 Å². The average molecular weight is 424 g/mol. The number of piperidine rings is 1. The normalized spacial score (nSPS) is 16.4. The Morgan fingerprint density at radius 1 is 1.00 bits per heavy atom. The molecule has 5 rings (SSSR count). The molecule has 1 aliphatic heterocycles. The summed E-state index contributed by atoms with van der Waals surface area (Å²) in [6, 6.07) is 14.5. The summed E-state index contributed by atoms with van der Waals surface area (Å²) in [5.41, 5.74) is 2.80. The lowest BCUT2D eigenvalue weighted by Gasteiger charge is -2.33. The van der Waals surface area contributed by atoms with Crippen molar-refractivity contribution in [2.75, 3.05) is 13.1 Å². The molecular weight excluding hydrogens is 401 g/mol. The smallest absolute Gasteiger partial charge is 0.325 e. The fourth-order valence-corrected chi connectivity index (χ4v) is 4.66. The first-order valence-electron chi connectivity index (χ1n) is 10.5. The molecule has 1 saturated heterocycles. The van der Waals surface area contributed by atoms with E-state index in [-0.39, 0.29) is 6.04 Å². The van der Waals surface area contributed by atoms with Gasteiger partial charge in [-0.05, 0) is 55.7 Å². The van der Waals surface area contributed by atoms with Gasteiger partial charge in [0.1, 0.15) is 5.82 Å². The first-order valence-corrected chi connectivity index (χ1v) is 10.5. The molecule has 0 atom stereocenters. The predicted octanol–water partition coefficient (Wildman–Crippen LogP) is 5.75. The van der Waals surface area contributed by atoms with Gasteiger partial charge in [0.25, 0.3) is 0 Å². The molecule has 0 N–H and O–H groups in total. The second-order valence-corrected chi connectivity index (χ2v) is 8.27. The molecule has 1 aliphatic rings. The van der Waals surface area contributed by atoms with Crippen LogP contribution in [0.2, 0.25) is 0 Å². The van der Waals surface area contributed by atoms with Crippen molar-refractivity contribution in [3.05, 3.63) is 71.7 Å². The van der Waals surface area contributed by atoms with Crippen LogP contribution >= 0.6 is 0 Å². The van der Waals surface area contributed by atoms with E-state index in [1.165, 1.54) is 5.56 Å². The molecule has 0 spiro atoms. The summed E-state index contributed by atoms with van der Waals surface area (Å²) in [5, 5.41) is 1.14. The highest BCUT2D eigenvalue weighted by Crippen LogP contribution is 2.34. The number of hydrogen-bond donors (Lipinski definition) is 0. The van der Waals surface area contributed by atoms with E-state index in [9.17, 15) is 13.2 Å². The molecule has 2 aromatic carbocycles. The Balaban J connectivity index is 1.31. The Bertz CT molecular complexity index is 1240. The molecule has 0 amide bonds. The van der Waals surface area contributed by atoms with Crippen LogP contribution in [0.1, 0.15) is 35.8 Å². The SMILES string of the molecule is Cc1nc2cc(C(F)(F)F)ccc2n1C1CCN(Cc2ccc3cccnc3c2)CC1. The first kappa shape index (κ1) is 20.0. The lowest BCUT2D eigenvalue weighted by Crippen LogP contribution is -2.34. The topological polar surface area (TPSA) is 34.0 Å². The van der Waals surface area contributed by atoms with Crippen LogP contribution in [-0.4, -0.2) is 32.5 Å². The molecule has 3 heterocycles. The number of aromatic nitrogens is 3. The molecule has 31 heavy (non-hydrogen) atoms. The van der Waals surface area contributed by atoms with Gasteiger partial charge in [-0.1, -0.05) is 18.2 Å². The summed E-state index contributed by atoms with van der Waals surface area (Å²) < 4.78 is 41.2. The van der Waals surface area contributed by atoms with Crippen LogP contribution in [0.4, 0.5) is 13.2 Å². The van der Waals surface area contributed by atoms with Crippen molar-refractivity contribution < 1.29 is 13.2 Å². The number of likely N-dealkylation sites (tertiary alicyclic amines) is 1. The Morgan fingerprint density at radius 2 is 1.81 bits per heavy atom. The lowest BCUT2D eigenvalue weighted by molar-refractivity contribution is -0.137. The zero-order chi connectivity index (χ0) is 21.6. The fraction of sp³-hybridized carbons (Fsp3) is 0.333. The number of fused-ring (bicyclic) bond motifs is 2. The summed E-state index contributed by atoms with van der Waals surface area (Å²) in [5.74, 6) is 0.772. The van der Waals surface area contributed by atoms with Gasteiger partial charge < -0.3 is 4.57 Å². The molecule has 0 bridgehead atoms. The molecule has 4 aromatic rings. The molecule has 0 radical (unpaired) electrons. The summed E-state index contributed by atoms with van der Waals surface area (Å²) in [4.78, 5) is 11.3. The third-order valence-electron chi connectivity index (χ3n) is 6.19. The van der Waals surface area contributed by atoms with Crippen molar-refractivity contribution in [2.24, 2.45) is 0 Å². The Hall–Kier alpha value is -2.93. The minimum Gasteiger partial charge on any atom is -0.325 e. The van der Waals surface area contributed by atoms with Gasteiger partial charge in [0, 0.05) is 37.3 Å². The van der Waals surface area contributed by atoms with Crippen LogP contribution in [0.5, 0.6) is 0 Å². The molecule has 160 valence electrons. The maximum atomic E-state index is 13.0. The van der Waals surface area contributed by atoms with Crippen molar-refractivity contribution >= 4 is 21.9 Å². The Kier molecular flexibility index (Phi) is 4.93. The van der Waals surface area contributed by atoms with Crippen LogP contribution < -0.4 is 0 Å². The van der Waals surface area contributed by atoms with Gasteiger partial charge in [0.15, 0.2) is 0 Å². The van der Waals surface area contributed by atoms with Gasteiger partial charge in [0.2, 0.25) is 0 Å².